The van der Waals surface area contributed by atoms with Gasteiger partial charge in [-0.05, 0) is 6.92 Å². The van der Waals surface area contributed by atoms with E-state index in [1.54, 1.807) is 6.92 Å². The Morgan fingerprint density at radius 3 is 2.93 bits per heavy atom. The van der Waals surface area contributed by atoms with E-state index in [2.05, 4.69) is 10.1 Å². The summed E-state index contributed by atoms with van der Waals surface area (Å²) in [5.74, 6) is -1.05. The van der Waals surface area contributed by atoms with Crippen molar-refractivity contribution >= 4 is 23.2 Å². The normalized spacial score (nSPS) is 10.7. The number of rotatable bonds is 1. The van der Waals surface area contributed by atoms with Crippen LogP contribution in [0, 0.1) is 6.92 Å². The number of aromatic nitrogens is 3. The van der Waals surface area contributed by atoms with Crippen LogP contribution in [0.3, 0.4) is 0 Å². The number of aryl methyl sites for hydroxylation is 1. The molecule has 0 radical (unpaired) electrons. The molecule has 0 aliphatic carbocycles. The lowest BCUT2D eigenvalue weighted by Gasteiger charge is -2.02. The molecule has 2 heterocycles. The van der Waals surface area contributed by atoms with Gasteiger partial charge in [-0.3, -0.25) is 0 Å². The number of carboxylic acids is 1. The summed E-state index contributed by atoms with van der Waals surface area (Å²) in [6, 6.07) is 0. The molecular formula is C8H6ClN3O2. The van der Waals surface area contributed by atoms with Crippen LogP contribution in [0.25, 0.3) is 5.65 Å². The van der Waals surface area contributed by atoms with E-state index in [-0.39, 0.29) is 5.69 Å². The zero-order chi connectivity index (χ0) is 10.3. The number of aromatic carboxylic acids is 1. The average Bonchev–Trinajstić information content (AvgIpc) is 2.47. The number of hydrogen-bond donors (Lipinski definition) is 1. The van der Waals surface area contributed by atoms with Crippen LogP contribution >= 0.6 is 11.6 Å². The van der Waals surface area contributed by atoms with Gasteiger partial charge in [0.05, 0.1) is 6.20 Å². The highest BCUT2D eigenvalue weighted by molar-refractivity contribution is 6.33. The van der Waals surface area contributed by atoms with Gasteiger partial charge in [0.15, 0.2) is 11.3 Å². The zero-order valence-corrected chi connectivity index (χ0v) is 7.99. The summed E-state index contributed by atoms with van der Waals surface area (Å²) in [5, 5.41) is 13.1. The predicted molar refractivity (Wildman–Crippen MR) is 49.7 cm³/mol. The Morgan fingerprint density at radius 1 is 1.57 bits per heavy atom. The van der Waals surface area contributed by atoms with Gasteiger partial charge in [0.25, 0.3) is 0 Å². The van der Waals surface area contributed by atoms with E-state index in [1.165, 1.54) is 16.9 Å². The van der Waals surface area contributed by atoms with Crippen molar-refractivity contribution in [1.82, 2.24) is 14.6 Å². The van der Waals surface area contributed by atoms with Crippen molar-refractivity contribution in [2.75, 3.05) is 0 Å². The molecule has 5 nitrogen and oxygen atoms in total. The van der Waals surface area contributed by atoms with Crippen LogP contribution in [-0.4, -0.2) is 25.7 Å². The van der Waals surface area contributed by atoms with Gasteiger partial charge in [-0.25, -0.2) is 14.3 Å². The van der Waals surface area contributed by atoms with Crippen LogP contribution in [0.2, 0.25) is 5.02 Å². The summed E-state index contributed by atoms with van der Waals surface area (Å²) < 4.78 is 1.22. The lowest BCUT2D eigenvalue weighted by molar-refractivity contribution is 0.0686. The van der Waals surface area contributed by atoms with Crippen molar-refractivity contribution < 1.29 is 9.90 Å². The second-order valence-electron chi connectivity index (χ2n) is 2.82. The maximum atomic E-state index is 10.9. The first-order valence-electron chi connectivity index (χ1n) is 3.83. The average molecular weight is 212 g/mol. The SMILES string of the molecule is Cc1cnc2c(Cl)cnn2c1C(=O)O. The molecular weight excluding hydrogens is 206 g/mol. The number of fused-ring (bicyclic) bond motifs is 1. The van der Waals surface area contributed by atoms with Gasteiger partial charge in [-0.2, -0.15) is 5.10 Å². The fourth-order valence-corrected chi connectivity index (χ4v) is 1.42. The Morgan fingerprint density at radius 2 is 2.29 bits per heavy atom. The van der Waals surface area contributed by atoms with Gasteiger partial charge in [0.2, 0.25) is 0 Å². The molecule has 6 heteroatoms. The minimum Gasteiger partial charge on any atom is -0.476 e. The Labute approximate surface area is 83.9 Å². The molecule has 0 unspecified atom stereocenters. The molecule has 0 aliphatic heterocycles. The van der Waals surface area contributed by atoms with Crippen LogP contribution in [0.5, 0.6) is 0 Å². The lowest BCUT2D eigenvalue weighted by atomic mass is 10.2. The summed E-state index contributed by atoms with van der Waals surface area (Å²) >= 11 is 5.76. The van der Waals surface area contributed by atoms with Crippen LogP contribution in [0.4, 0.5) is 0 Å². The molecule has 0 aromatic carbocycles. The Hall–Kier alpha value is -1.62. The number of nitrogens with zero attached hydrogens (tertiary/aromatic N) is 3. The summed E-state index contributed by atoms with van der Waals surface area (Å²) in [6.07, 6.45) is 2.84. The van der Waals surface area contributed by atoms with Crippen LogP contribution < -0.4 is 0 Å². The summed E-state index contributed by atoms with van der Waals surface area (Å²) in [6.45, 7) is 1.66. The highest BCUT2D eigenvalue weighted by atomic mass is 35.5. The van der Waals surface area contributed by atoms with Crippen molar-refractivity contribution in [1.29, 1.82) is 0 Å². The van der Waals surface area contributed by atoms with Crippen molar-refractivity contribution in [2.24, 2.45) is 0 Å². The first-order chi connectivity index (χ1) is 6.61. The van der Waals surface area contributed by atoms with Crippen molar-refractivity contribution in [3.63, 3.8) is 0 Å². The highest BCUT2D eigenvalue weighted by Crippen LogP contribution is 2.17. The topological polar surface area (TPSA) is 67.5 Å². The number of halogens is 1. The minimum atomic E-state index is -1.05. The monoisotopic (exact) mass is 211 g/mol. The standard InChI is InChI=1S/C8H6ClN3O2/c1-4-2-10-7-5(9)3-11-12(7)6(4)8(13)14/h2-3H,1H3,(H,13,14). The maximum absolute atomic E-state index is 10.9. The summed E-state index contributed by atoms with van der Waals surface area (Å²) in [7, 11) is 0. The van der Waals surface area contributed by atoms with Gasteiger partial charge in [-0.1, -0.05) is 11.6 Å². The molecule has 0 spiro atoms. The minimum absolute atomic E-state index is 0.0851. The largest absolute Gasteiger partial charge is 0.476 e. The molecule has 2 rings (SSSR count). The van der Waals surface area contributed by atoms with E-state index < -0.39 is 5.97 Å². The first kappa shape index (κ1) is 8.96. The molecule has 0 amide bonds. The molecule has 0 fully saturated rings. The molecule has 72 valence electrons. The summed E-state index contributed by atoms with van der Waals surface area (Å²) in [5.41, 5.74) is 0.987. The van der Waals surface area contributed by atoms with E-state index in [4.69, 9.17) is 16.7 Å². The van der Waals surface area contributed by atoms with E-state index in [0.29, 0.717) is 16.2 Å². The maximum Gasteiger partial charge on any atom is 0.354 e. The van der Waals surface area contributed by atoms with Crippen LogP contribution in [-0.2, 0) is 0 Å². The van der Waals surface area contributed by atoms with E-state index in [0.717, 1.165) is 0 Å². The highest BCUT2D eigenvalue weighted by Gasteiger charge is 2.15. The Balaban J connectivity index is 2.90. The second kappa shape index (κ2) is 2.95. The number of carbonyl (C=O) groups is 1. The van der Waals surface area contributed by atoms with E-state index in [9.17, 15) is 4.79 Å². The molecule has 0 bridgehead atoms. The molecule has 14 heavy (non-hydrogen) atoms. The predicted octanol–water partition coefficient (Wildman–Crippen LogP) is 1.39. The number of carboxylic acid groups (broad SMARTS) is 1. The van der Waals surface area contributed by atoms with E-state index >= 15 is 0 Å². The van der Waals surface area contributed by atoms with Gasteiger partial charge < -0.3 is 5.11 Å². The molecule has 2 aromatic rings. The van der Waals surface area contributed by atoms with Gasteiger partial charge in [0.1, 0.15) is 5.02 Å². The quantitative estimate of drug-likeness (QED) is 0.774. The Bertz CT molecular complexity index is 521. The molecule has 0 saturated heterocycles. The van der Waals surface area contributed by atoms with Crippen LogP contribution in [0.15, 0.2) is 12.4 Å². The zero-order valence-electron chi connectivity index (χ0n) is 7.23. The molecule has 0 saturated carbocycles. The first-order valence-corrected chi connectivity index (χ1v) is 4.21. The molecule has 0 atom stereocenters. The molecule has 2 aromatic heterocycles. The fourth-order valence-electron chi connectivity index (χ4n) is 1.25. The third kappa shape index (κ3) is 1.13. The van der Waals surface area contributed by atoms with Crippen molar-refractivity contribution in [3.05, 3.63) is 28.7 Å². The van der Waals surface area contributed by atoms with Gasteiger partial charge in [-0.15, -0.1) is 0 Å². The fraction of sp³-hybridized carbons (Fsp3) is 0.125. The number of hydrogen-bond acceptors (Lipinski definition) is 3. The van der Waals surface area contributed by atoms with E-state index in [1.807, 2.05) is 0 Å². The third-order valence-electron chi connectivity index (χ3n) is 1.87. The van der Waals surface area contributed by atoms with Crippen molar-refractivity contribution in [2.45, 2.75) is 6.92 Å². The lowest BCUT2D eigenvalue weighted by Crippen LogP contribution is -2.09. The second-order valence-corrected chi connectivity index (χ2v) is 3.23. The van der Waals surface area contributed by atoms with Gasteiger partial charge in [0, 0.05) is 11.8 Å². The Kier molecular flexibility index (Phi) is 1.89. The third-order valence-corrected chi connectivity index (χ3v) is 2.14. The van der Waals surface area contributed by atoms with Gasteiger partial charge >= 0.3 is 5.97 Å². The smallest absolute Gasteiger partial charge is 0.354 e. The van der Waals surface area contributed by atoms with Crippen LogP contribution in [0.1, 0.15) is 16.1 Å². The molecule has 0 aliphatic rings. The molecule has 1 N–H and O–H groups in total. The summed E-state index contributed by atoms with van der Waals surface area (Å²) in [4.78, 5) is 14.9. The van der Waals surface area contributed by atoms with Crippen molar-refractivity contribution in [3.8, 4) is 0 Å².